The Balaban J connectivity index is 1.88. The second-order valence-electron chi connectivity index (χ2n) is 5.62. The highest BCUT2D eigenvalue weighted by Crippen LogP contribution is 2.30. The number of carboxylic acids is 1. The SMILES string of the molecule is COc1ccccc1N1CCC(NC(=O)N(C)CCC(=O)O)C1. The molecule has 0 aromatic heterocycles. The van der Waals surface area contributed by atoms with Crippen molar-refractivity contribution < 1.29 is 19.4 Å². The minimum Gasteiger partial charge on any atom is -0.495 e. The molecular formula is C16H23N3O4. The number of aliphatic carboxylic acids is 1. The molecule has 0 bridgehead atoms. The second kappa shape index (κ2) is 7.71. The minimum atomic E-state index is -0.909. The number of para-hydroxylation sites is 2. The lowest BCUT2D eigenvalue weighted by Gasteiger charge is -2.23. The van der Waals surface area contributed by atoms with Crippen LogP contribution in [-0.4, -0.2) is 61.8 Å². The third-order valence-corrected chi connectivity index (χ3v) is 3.95. The summed E-state index contributed by atoms with van der Waals surface area (Å²) in [6.07, 6.45) is 0.790. The Hall–Kier alpha value is -2.44. The molecule has 0 radical (unpaired) electrons. The third kappa shape index (κ3) is 4.51. The van der Waals surface area contributed by atoms with Crippen LogP contribution in [-0.2, 0) is 4.79 Å². The first kappa shape index (κ1) is 16.9. The van der Waals surface area contributed by atoms with Crippen LogP contribution in [0.3, 0.4) is 0 Å². The number of anilines is 1. The summed E-state index contributed by atoms with van der Waals surface area (Å²) < 4.78 is 5.37. The van der Waals surface area contributed by atoms with Gasteiger partial charge in [-0.1, -0.05) is 12.1 Å². The topological polar surface area (TPSA) is 82.1 Å². The zero-order valence-corrected chi connectivity index (χ0v) is 13.5. The lowest BCUT2D eigenvalue weighted by Crippen LogP contribution is -2.44. The molecule has 1 unspecified atom stereocenters. The first-order chi connectivity index (χ1) is 11.0. The molecule has 2 rings (SSSR count). The molecule has 7 heteroatoms. The van der Waals surface area contributed by atoms with Crippen LogP contribution in [0.15, 0.2) is 24.3 Å². The molecule has 1 aliphatic heterocycles. The quantitative estimate of drug-likeness (QED) is 0.827. The monoisotopic (exact) mass is 321 g/mol. The van der Waals surface area contributed by atoms with Crippen molar-refractivity contribution in [3.05, 3.63) is 24.3 Å². The van der Waals surface area contributed by atoms with E-state index in [1.54, 1.807) is 14.2 Å². The van der Waals surface area contributed by atoms with Crippen LogP contribution in [0.5, 0.6) is 5.75 Å². The van der Waals surface area contributed by atoms with Crippen LogP contribution >= 0.6 is 0 Å². The molecule has 2 amide bonds. The number of rotatable bonds is 6. The van der Waals surface area contributed by atoms with E-state index in [1.165, 1.54) is 4.90 Å². The Morgan fingerprint density at radius 1 is 1.43 bits per heavy atom. The molecular weight excluding hydrogens is 298 g/mol. The standard InChI is InChI=1S/C16H23N3O4/c1-18(9-8-15(20)21)16(22)17-12-7-10-19(11-12)13-5-3-4-6-14(13)23-2/h3-6,12H,7-11H2,1-2H3,(H,17,22)(H,20,21). The van der Waals surface area contributed by atoms with Gasteiger partial charge in [0.2, 0.25) is 0 Å². The van der Waals surface area contributed by atoms with Gasteiger partial charge in [-0.25, -0.2) is 4.79 Å². The van der Waals surface area contributed by atoms with Gasteiger partial charge in [-0.15, -0.1) is 0 Å². The Labute approximate surface area is 135 Å². The first-order valence-corrected chi connectivity index (χ1v) is 7.62. The lowest BCUT2D eigenvalue weighted by molar-refractivity contribution is -0.137. The molecule has 2 N–H and O–H groups in total. The summed E-state index contributed by atoms with van der Waals surface area (Å²) in [5.74, 6) is -0.0917. The number of ether oxygens (including phenoxy) is 1. The molecule has 1 saturated heterocycles. The maximum absolute atomic E-state index is 12.1. The number of carbonyl (C=O) groups is 2. The Morgan fingerprint density at radius 3 is 2.87 bits per heavy atom. The number of amides is 2. The zero-order valence-electron chi connectivity index (χ0n) is 13.5. The van der Waals surface area contributed by atoms with Gasteiger partial charge >= 0.3 is 12.0 Å². The zero-order chi connectivity index (χ0) is 16.8. The van der Waals surface area contributed by atoms with Crippen LogP contribution in [0.25, 0.3) is 0 Å². The first-order valence-electron chi connectivity index (χ1n) is 7.62. The van der Waals surface area contributed by atoms with Gasteiger partial charge < -0.3 is 25.0 Å². The molecule has 23 heavy (non-hydrogen) atoms. The van der Waals surface area contributed by atoms with Crippen LogP contribution in [0.4, 0.5) is 10.5 Å². The molecule has 7 nitrogen and oxygen atoms in total. The summed E-state index contributed by atoms with van der Waals surface area (Å²) in [4.78, 5) is 26.2. The number of urea groups is 1. The summed E-state index contributed by atoms with van der Waals surface area (Å²) in [5, 5.41) is 11.6. The van der Waals surface area contributed by atoms with E-state index in [1.807, 2.05) is 24.3 Å². The van der Waals surface area contributed by atoms with Crippen molar-refractivity contribution in [2.45, 2.75) is 18.9 Å². The average Bonchev–Trinajstić information content (AvgIpc) is 3.00. The second-order valence-corrected chi connectivity index (χ2v) is 5.62. The molecule has 1 aliphatic rings. The van der Waals surface area contributed by atoms with Crippen molar-refractivity contribution >= 4 is 17.7 Å². The van der Waals surface area contributed by atoms with Crippen LogP contribution in [0, 0.1) is 0 Å². The fourth-order valence-electron chi connectivity index (χ4n) is 2.64. The Morgan fingerprint density at radius 2 is 2.17 bits per heavy atom. The van der Waals surface area contributed by atoms with E-state index in [0.717, 1.165) is 24.4 Å². The Bertz CT molecular complexity index is 564. The molecule has 126 valence electrons. The lowest BCUT2D eigenvalue weighted by atomic mass is 10.2. The van der Waals surface area contributed by atoms with Gasteiger partial charge in [-0.2, -0.15) is 0 Å². The number of hydrogen-bond donors (Lipinski definition) is 2. The van der Waals surface area contributed by atoms with Gasteiger partial charge in [-0.05, 0) is 18.6 Å². The van der Waals surface area contributed by atoms with E-state index >= 15 is 0 Å². The number of hydrogen-bond acceptors (Lipinski definition) is 4. The number of carboxylic acid groups (broad SMARTS) is 1. The van der Waals surface area contributed by atoms with E-state index in [2.05, 4.69) is 10.2 Å². The fourth-order valence-corrected chi connectivity index (χ4v) is 2.64. The molecule has 1 atom stereocenters. The number of carbonyl (C=O) groups excluding carboxylic acids is 1. The van der Waals surface area contributed by atoms with E-state index in [4.69, 9.17) is 9.84 Å². The molecule has 1 heterocycles. The molecule has 0 aliphatic carbocycles. The number of nitrogens with one attached hydrogen (secondary N) is 1. The van der Waals surface area contributed by atoms with Crippen molar-refractivity contribution in [2.24, 2.45) is 0 Å². The van der Waals surface area contributed by atoms with Gasteiger partial charge in [0.1, 0.15) is 5.75 Å². The maximum atomic E-state index is 12.1. The highest BCUT2D eigenvalue weighted by atomic mass is 16.5. The molecule has 0 spiro atoms. The predicted octanol–water partition coefficient (Wildman–Crippen LogP) is 1.39. The summed E-state index contributed by atoms with van der Waals surface area (Å²) in [5.41, 5.74) is 1.02. The number of methoxy groups -OCH3 is 1. The van der Waals surface area contributed by atoms with Crippen molar-refractivity contribution in [1.29, 1.82) is 0 Å². The van der Waals surface area contributed by atoms with Crippen molar-refractivity contribution in [3.8, 4) is 5.75 Å². The fraction of sp³-hybridized carbons (Fsp3) is 0.500. The van der Waals surface area contributed by atoms with Crippen molar-refractivity contribution in [2.75, 3.05) is 38.7 Å². The molecule has 1 fully saturated rings. The van der Waals surface area contributed by atoms with Crippen LogP contribution < -0.4 is 15.0 Å². The summed E-state index contributed by atoms with van der Waals surface area (Å²) in [7, 11) is 3.25. The van der Waals surface area contributed by atoms with Gasteiger partial charge in [0.15, 0.2) is 0 Å². The highest BCUT2D eigenvalue weighted by molar-refractivity contribution is 5.75. The van der Waals surface area contributed by atoms with Gasteiger partial charge in [-0.3, -0.25) is 4.79 Å². The van der Waals surface area contributed by atoms with E-state index in [0.29, 0.717) is 6.54 Å². The number of benzene rings is 1. The summed E-state index contributed by atoms with van der Waals surface area (Å²) >= 11 is 0. The molecule has 0 saturated carbocycles. The van der Waals surface area contributed by atoms with Gasteiger partial charge in [0, 0.05) is 32.7 Å². The average molecular weight is 321 g/mol. The largest absolute Gasteiger partial charge is 0.495 e. The Kier molecular flexibility index (Phi) is 5.67. The third-order valence-electron chi connectivity index (χ3n) is 3.95. The maximum Gasteiger partial charge on any atom is 0.317 e. The van der Waals surface area contributed by atoms with E-state index < -0.39 is 5.97 Å². The van der Waals surface area contributed by atoms with Crippen molar-refractivity contribution in [1.82, 2.24) is 10.2 Å². The highest BCUT2D eigenvalue weighted by Gasteiger charge is 2.26. The van der Waals surface area contributed by atoms with Gasteiger partial charge in [0.05, 0.1) is 19.2 Å². The summed E-state index contributed by atoms with van der Waals surface area (Å²) in [6, 6.07) is 7.61. The van der Waals surface area contributed by atoms with Crippen LogP contribution in [0.1, 0.15) is 12.8 Å². The van der Waals surface area contributed by atoms with E-state index in [9.17, 15) is 9.59 Å². The van der Waals surface area contributed by atoms with Crippen LogP contribution in [0.2, 0.25) is 0 Å². The normalized spacial score (nSPS) is 17.0. The summed E-state index contributed by atoms with van der Waals surface area (Å²) in [6.45, 7) is 1.74. The smallest absolute Gasteiger partial charge is 0.317 e. The van der Waals surface area contributed by atoms with E-state index in [-0.39, 0.29) is 25.0 Å². The molecule has 1 aromatic carbocycles. The number of nitrogens with zero attached hydrogens (tertiary/aromatic N) is 2. The van der Waals surface area contributed by atoms with Crippen molar-refractivity contribution in [3.63, 3.8) is 0 Å². The molecule has 1 aromatic rings. The van der Waals surface area contributed by atoms with Gasteiger partial charge in [0.25, 0.3) is 0 Å². The predicted molar refractivity (Wildman–Crippen MR) is 87.0 cm³/mol. The minimum absolute atomic E-state index is 0.0414.